The van der Waals surface area contributed by atoms with Crippen LogP contribution < -0.4 is 16.0 Å². The lowest BCUT2D eigenvalue weighted by molar-refractivity contribution is 0.437. The fraction of sp³-hybridized carbons (Fsp3) is 0.333. The zero-order chi connectivity index (χ0) is 17.1. The molecule has 0 heterocycles. The van der Waals surface area contributed by atoms with Crippen LogP contribution in [0.5, 0.6) is 11.5 Å². The highest BCUT2D eigenvalue weighted by Crippen LogP contribution is 2.34. The molecular formula is C18H25N3O2. The van der Waals surface area contributed by atoms with Gasteiger partial charge in [0.05, 0.1) is 0 Å². The van der Waals surface area contributed by atoms with Gasteiger partial charge in [0.25, 0.3) is 0 Å². The van der Waals surface area contributed by atoms with Crippen molar-refractivity contribution in [1.82, 2.24) is 0 Å². The van der Waals surface area contributed by atoms with E-state index >= 15 is 0 Å². The summed E-state index contributed by atoms with van der Waals surface area (Å²) in [6.07, 6.45) is -0.571. The summed E-state index contributed by atoms with van der Waals surface area (Å²) in [5, 5.41) is 23.2. The average Bonchev–Trinajstić information content (AvgIpc) is 2.47. The highest BCUT2D eigenvalue weighted by atomic mass is 16.3. The smallest absolute Gasteiger partial charge is 0.125 e. The van der Waals surface area contributed by atoms with E-state index in [1.165, 1.54) is 6.07 Å². The normalized spacial score (nSPS) is 12.3. The molecule has 1 atom stereocenters. The summed E-state index contributed by atoms with van der Waals surface area (Å²) < 4.78 is 0. The number of benzene rings is 2. The molecule has 5 heteroatoms. The molecule has 124 valence electrons. The minimum Gasteiger partial charge on any atom is -0.508 e. The standard InChI is InChI=1S/C18H25N3O2/c1-11(2)14-9-15(17(23)10-16(14)22)18(19)20-12-5-7-13(8-6-12)21(3)4/h5-11,18,20,22-23H,19H2,1-4H3. The lowest BCUT2D eigenvalue weighted by atomic mass is 9.98. The van der Waals surface area contributed by atoms with E-state index in [-0.39, 0.29) is 17.4 Å². The molecule has 5 N–H and O–H groups in total. The van der Waals surface area contributed by atoms with Gasteiger partial charge < -0.3 is 26.2 Å². The molecule has 0 aliphatic heterocycles. The van der Waals surface area contributed by atoms with Crippen LogP contribution in [-0.2, 0) is 0 Å². The van der Waals surface area contributed by atoms with E-state index in [9.17, 15) is 10.2 Å². The molecule has 0 bridgehead atoms. The molecule has 0 aromatic heterocycles. The zero-order valence-electron chi connectivity index (χ0n) is 14.0. The van der Waals surface area contributed by atoms with Gasteiger partial charge in [-0.05, 0) is 41.8 Å². The van der Waals surface area contributed by atoms with Gasteiger partial charge in [0.2, 0.25) is 0 Å². The van der Waals surface area contributed by atoms with Crippen LogP contribution in [0.25, 0.3) is 0 Å². The Bertz CT molecular complexity index is 667. The summed E-state index contributed by atoms with van der Waals surface area (Å²) in [6.45, 7) is 3.96. The first-order valence-corrected chi connectivity index (χ1v) is 7.65. The van der Waals surface area contributed by atoms with Gasteiger partial charge in [-0.15, -0.1) is 0 Å². The molecule has 5 nitrogen and oxygen atoms in total. The first kappa shape index (κ1) is 17.0. The van der Waals surface area contributed by atoms with Crippen molar-refractivity contribution in [1.29, 1.82) is 0 Å². The quantitative estimate of drug-likeness (QED) is 0.636. The number of hydrogen-bond donors (Lipinski definition) is 4. The number of nitrogens with one attached hydrogen (secondary N) is 1. The molecule has 0 saturated carbocycles. The molecule has 0 spiro atoms. The lowest BCUT2D eigenvalue weighted by Gasteiger charge is -2.20. The van der Waals surface area contributed by atoms with Gasteiger partial charge in [-0.1, -0.05) is 13.8 Å². The van der Waals surface area contributed by atoms with Crippen LogP contribution in [0.1, 0.15) is 37.1 Å². The van der Waals surface area contributed by atoms with Crippen LogP contribution in [0.3, 0.4) is 0 Å². The number of hydrogen-bond acceptors (Lipinski definition) is 5. The molecule has 2 aromatic rings. The minimum atomic E-state index is -0.571. The number of anilines is 2. The summed E-state index contributed by atoms with van der Waals surface area (Å²) in [5.74, 6) is 0.210. The Morgan fingerprint density at radius 1 is 0.957 bits per heavy atom. The summed E-state index contributed by atoms with van der Waals surface area (Å²) >= 11 is 0. The molecule has 0 aliphatic carbocycles. The summed E-state index contributed by atoms with van der Waals surface area (Å²) in [5.41, 5.74) is 9.46. The monoisotopic (exact) mass is 315 g/mol. The van der Waals surface area contributed by atoms with Crippen LogP contribution >= 0.6 is 0 Å². The molecule has 0 amide bonds. The summed E-state index contributed by atoms with van der Waals surface area (Å²) in [4.78, 5) is 2.02. The first-order valence-electron chi connectivity index (χ1n) is 7.65. The van der Waals surface area contributed by atoms with Crippen molar-refractivity contribution >= 4 is 11.4 Å². The Kier molecular flexibility index (Phi) is 5.01. The number of aromatic hydroxyl groups is 2. The van der Waals surface area contributed by atoms with Gasteiger partial charge in [-0.2, -0.15) is 0 Å². The average molecular weight is 315 g/mol. The van der Waals surface area contributed by atoms with Gasteiger partial charge >= 0.3 is 0 Å². The minimum absolute atomic E-state index is 0.0168. The Balaban J connectivity index is 2.23. The molecule has 0 saturated heterocycles. The van der Waals surface area contributed by atoms with Crippen molar-refractivity contribution in [2.75, 3.05) is 24.3 Å². The maximum atomic E-state index is 10.1. The zero-order valence-corrected chi connectivity index (χ0v) is 14.0. The van der Waals surface area contributed by atoms with Crippen LogP contribution in [-0.4, -0.2) is 24.3 Å². The fourth-order valence-electron chi connectivity index (χ4n) is 2.44. The maximum absolute atomic E-state index is 10.1. The van der Waals surface area contributed by atoms with Crippen LogP contribution in [0.2, 0.25) is 0 Å². The molecule has 1 unspecified atom stereocenters. The van der Waals surface area contributed by atoms with Gasteiger partial charge in [0, 0.05) is 37.1 Å². The van der Waals surface area contributed by atoms with Crippen LogP contribution in [0.15, 0.2) is 36.4 Å². The predicted molar refractivity (Wildman–Crippen MR) is 95.2 cm³/mol. The summed E-state index contributed by atoms with van der Waals surface area (Å²) in [6, 6.07) is 11.0. The largest absolute Gasteiger partial charge is 0.508 e. The van der Waals surface area contributed by atoms with Gasteiger partial charge in [0.1, 0.15) is 17.7 Å². The Morgan fingerprint density at radius 2 is 1.52 bits per heavy atom. The van der Waals surface area contributed by atoms with E-state index in [0.717, 1.165) is 16.9 Å². The van der Waals surface area contributed by atoms with Crippen molar-refractivity contribution in [2.24, 2.45) is 5.73 Å². The van der Waals surface area contributed by atoms with Crippen molar-refractivity contribution in [3.63, 3.8) is 0 Å². The molecule has 0 aliphatic rings. The fourth-order valence-corrected chi connectivity index (χ4v) is 2.44. The van der Waals surface area contributed by atoms with Crippen LogP contribution in [0.4, 0.5) is 11.4 Å². The Hall–Kier alpha value is -2.40. The number of rotatable bonds is 5. The van der Waals surface area contributed by atoms with Gasteiger partial charge in [-0.3, -0.25) is 0 Å². The SMILES string of the molecule is CC(C)c1cc(C(N)Nc2ccc(N(C)C)cc2)c(O)cc1O. The van der Waals surface area contributed by atoms with Gasteiger partial charge in [-0.25, -0.2) is 0 Å². The molecule has 2 rings (SSSR count). The van der Waals surface area contributed by atoms with Crippen LogP contribution in [0, 0.1) is 0 Å². The molecule has 2 aromatic carbocycles. The number of nitrogens with two attached hydrogens (primary N) is 1. The van der Waals surface area contributed by atoms with E-state index in [1.807, 2.05) is 57.1 Å². The van der Waals surface area contributed by atoms with E-state index in [4.69, 9.17) is 5.73 Å². The second-order valence-electron chi connectivity index (χ2n) is 6.19. The number of nitrogens with zero attached hydrogens (tertiary/aromatic N) is 1. The topological polar surface area (TPSA) is 81.8 Å². The van der Waals surface area contributed by atoms with Crippen molar-refractivity contribution in [3.8, 4) is 11.5 Å². The maximum Gasteiger partial charge on any atom is 0.125 e. The van der Waals surface area contributed by atoms with E-state index < -0.39 is 6.17 Å². The van der Waals surface area contributed by atoms with Crippen molar-refractivity contribution < 1.29 is 10.2 Å². The van der Waals surface area contributed by atoms with Crippen molar-refractivity contribution in [2.45, 2.75) is 25.9 Å². The molecule has 23 heavy (non-hydrogen) atoms. The second kappa shape index (κ2) is 6.79. The third kappa shape index (κ3) is 3.87. The van der Waals surface area contributed by atoms with E-state index in [2.05, 4.69) is 5.32 Å². The first-order chi connectivity index (χ1) is 10.8. The molecule has 0 radical (unpaired) electrons. The third-order valence-electron chi connectivity index (χ3n) is 3.84. The Labute approximate surface area is 137 Å². The van der Waals surface area contributed by atoms with Crippen molar-refractivity contribution in [3.05, 3.63) is 47.5 Å². The third-order valence-corrected chi connectivity index (χ3v) is 3.84. The van der Waals surface area contributed by atoms with E-state index in [0.29, 0.717) is 5.56 Å². The molecular weight excluding hydrogens is 290 g/mol. The Morgan fingerprint density at radius 3 is 2.04 bits per heavy atom. The molecule has 0 fully saturated rings. The number of phenols is 2. The number of phenolic OH excluding ortho intramolecular Hbond substituents is 2. The van der Waals surface area contributed by atoms with E-state index in [1.54, 1.807) is 6.07 Å². The summed E-state index contributed by atoms with van der Waals surface area (Å²) in [7, 11) is 3.96. The van der Waals surface area contributed by atoms with Gasteiger partial charge in [0.15, 0.2) is 0 Å². The predicted octanol–water partition coefficient (Wildman–Crippen LogP) is 3.36. The second-order valence-corrected chi connectivity index (χ2v) is 6.19. The highest BCUT2D eigenvalue weighted by Gasteiger charge is 2.16. The highest BCUT2D eigenvalue weighted by molar-refractivity contribution is 5.56. The lowest BCUT2D eigenvalue weighted by Crippen LogP contribution is -2.20.